The minimum atomic E-state index is -0.539. The first kappa shape index (κ1) is 12.1. The third kappa shape index (κ3) is 2.49. The van der Waals surface area contributed by atoms with Crippen molar-refractivity contribution in [1.29, 1.82) is 5.26 Å². The van der Waals surface area contributed by atoms with Crippen LogP contribution in [-0.4, -0.2) is 28.7 Å². The highest BCUT2D eigenvalue weighted by atomic mass is 16.3. The molecular formula is C14H18N2O. The second-order valence-corrected chi connectivity index (χ2v) is 4.77. The minimum Gasteiger partial charge on any atom is -0.387 e. The van der Waals surface area contributed by atoms with E-state index in [0.717, 1.165) is 12.0 Å². The molecule has 0 aliphatic carbocycles. The molecule has 0 spiro atoms. The van der Waals surface area contributed by atoms with E-state index in [1.165, 1.54) is 0 Å². The minimum absolute atomic E-state index is 0.119. The molecule has 3 nitrogen and oxygen atoms in total. The number of rotatable bonds is 4. The average Bonchev–Trinajstić information content (AvgIpc) is 2.33. The maximum absolute atomic E-state index is 10.0. The first-order valence-electron chi connectivity index (χ1n) is 6.07. The van der Waals surface area contributed by atoms with Crippen molar-refractivity contribution in [2.45, 2.75) is 31.4 Å². The van der Waals surface area contributed by atoms with Gasteiger partial charge in [0.1, 0.15) is 0 Å². The van der Waals surface area contributed by atoms with Crippen molar-refractivity contribution in [2.24, 2.45) is 0 Å². The fourth-order valence-corrected chi connectivity index (χ4v) is 2.37. The lowest BCUT2D eigenvalue weighted by Crippen LogP contribution is -2.62. The molecule has 0 radical (unpaired) electrons. The molecule has 0 saturated carbocycles. The van der Waals surface area contributed by atoms with Crippen LogP contribution < -0.4 is 0 Å². The first-order valence-corrected chi connectivity index (χ1v) is 6.07. The van der Waals surface area contributed by atoms with E-state index < -0.39 is 5.60 Å². The summed E-state index contributed by atoms with van der Waals surface area (Å²) in [5.74, 6) is 0. The molecule has 1 heterocycles. The van der Waals surface area contributed by atoms with Crippen molar-refractivity contribution in [2.75, 3.05) is 13.1 Å². The fourth-order valence-electron chi connectivity index (χ4n) is 2.37. The summed E-state index contributed by atoms with van der Waals surface area (Å²) in [5.41, 5.74) is 0.620. The van der Waals surface area contributed by atoms with Gasteiger partial charge in [-0.2, -0.15) is 5.26 Å². The Morgan fingerprint density at radius 3 is 2.59 bits per heavy atom. The molecule has 0 amide bonds. The number of β-amino-alcohol motifs (C(OH)–C–C–N with tert-alkyl or cyclic N) is 1. The molecule has 1 saturated heterocycles. The SMILES string of the molecule is CCC1(O)CN(C(CC#N)c2ccccc2)C1. The maximum Gasteiger partial charge on any atom is 0.0898 e. The zero-order chi connectivity index (χ0) is 12.3. The molecular weight excluding hydrogens is 212 g/mol. The predicted molar refractivity (Wildman–Crippen MR) is 66.2 cm³/mol. The zero-order valence-electron chi connectivity index (χ0n) is 10.1. The molecule has 90 valence electrons. The Morgan fingerprint density at radius 2 is 2.06 bits per heavy atom. The van der Waals surface area contributed by atoms with Gasteiger partial charge in [0.15, 0.2) is 0 Å². The van der Waals surface area contributed by atoms with E-state index >= 15 is 0 Å². The summed E-state index contributed by atoms with van der Waals surface area (Å²) in [7, 11) is 0. The van der Waals surface area contributed by atoms with Crippen LogP contribution in [-0.2, 0) is 0 Å². The van der Waals surface area contributed by atoms with Gasteiger partial charge in [0.25, 0.3) is 0 Å². The normalized spacial score (nSPS) is 20.3. The molecule has 0 bridgehead atoms. The number of aliphatic hydroxyl groups is 1. The third-order valence-corrected chi connectivity index (χ3v) is 3.56. The van der Waals surface area contributed by atoms with Gasteiger partial charge in [-0.3, -0.25) is 4.90 Å². The summed E-state index contributed by atoms with van der Waals surface area (Å²) in [6.07, 6.45) is 1.25. The first-order chi connectivity index (χ1) is 8.18. The van der Waals surface area contributed by atoms with Crippen LogP contribution in [0.4, 0.5) is 0 Å². The summed E-state index contributed by atoms with van der Waals surface area (Å²) in [6, 6.07) is 12.4. The largest absolute Gasteiger partial charge is 0.387 e. The lowest BCUT2D eigenvalue weighted by atomic mass is 9.87. The monoisotopic (exact) mass is 230 g/mol. The van der Waals surface area contributed by atoms with Crippen molar-refractivity contribution in [3.05, 3.63) is 35.9 Å². The van der Waals surface area contributed by atoms with E-state index in [4.69, 9.17) is 5.26 Å². The zero-order valence-corrected chi connectivity index (χ0v) is 10.1. The van der Waals surface area contributed by atoms with Crippen LogP contribution >= 0.6 is 0 Å². The van der Waals surface area contributed by atoms with Crippen molar-refractivity contribution in [1.82, 2.24) is 4.90 Å². The van der Waals surface area contributed by atoms with Gasteiger partial charge in [0.05, 0.1) is 18.1 Å². The van der Waals surface area contributed by atoms with Gasteiger partial charge in [-0.1, -0.05) is 37.3 Å². The highest BCUT2D eigenvalue weighted by molar-refractivity contribution is 5.21. The molecule has 0 aromatic heterocycles. The van der Waals surface area contributed by atoms with E-state index in [1.54, 1.807) is 0 Å². The molecule has 1 N–H and O–H groups in total. The molecule has 1 aromatic carbocycles. The lowest BCUT2D eigenvalue weighted by Gasteiger charge is -2.49. The van der Waals surface area contributed by atoms with Gasteiger partial charge in [-0.05, 0) is 12.0 Å². The Balaban J connectivity index is 2.08. The van der Waals surface area contributed by atoms with Crippen LogP contribution in [0.3, 0.4) is 0 Å². The number of nitrogens with zero attached hydrogens (tertiary/aromatic N) is 2. The smallest absolute Gasteiger partial charge is 0.0898 e. The summed E-state index contributed by atoms with van der Waals surface area (Å²) in [4.78, 5) is 2.18. The van der Waals surface area contributed by atoms with E-state index in [-0.39, 0.29) is 6.04 Å². The Bertz CT molecular complexity index is 404. The number of nitriles is 1. The van der Waals surface area contributed by atoms with Crippen molar-refractivity contribution in [3.8, 4) is 6.07 Å². The molecule has 2 rings (SSSR count). The van der Waals surface area contributed by atoms with E-state index in [0.29, 0.717) is 19.5 Å². The highest BCUT2D eigenvalue weighted by Gasteiger charge is 2.42. The number of benzene rings is 1. The third-order valence-electron chi connectivity index (χ3n) is 3.56. The van der Waals surface area contributed by atoms with Crippen LogP contribution in [0.2, 0.25) is 0 Å². The van der Waals surface area contributed by atoms with Crippen LogP contribution in [0.15, 0.2) is 30.3 Å². The molecule has 3 heteroatoms. The van der Waals surface area contributed by atoms with Crippen molar-refractivity contribution >= 4 is 0 Å². The number of hydrogen-bond donors (Lipinski definition) is 1. The highest BCUT2D eigenvalue weighted by Crippen LogP contribution is 2.34. The number of hydrogen-bond acceptors (Lipinski definition) is 3. The van der Waals surface area contributed by atoms with Gasteiger partial charge in [-0.15, -0.1) is 0 Å². The second kappa shape index (κ2) is 4.87. The summed E-state index contributed by atoms with van der Waals surface area (Å²) in [5, 5.41) is 18.9. The summed E-state index contributed by atoms with van der Waals surface area (Å²) >= 11 is 0. The van der Waals surface area contributed by atoms with E-state index in [1.807, 2.05) is 37.3 Å². The quantitative estimate of drug-likeness (QED) is 0.861. The Morgan fingerprint density at radius 1 is 1.41 bits per heavy atom. The fraction of sp³-hybridized carbons (Fsp3) is 0.500. The van der Waals surface area contributed by atoms with Crippen molar-refractivity contribution in [3.63, 3.8) is 0 Å². The predicted octanol–water partition coefficient (Wildman–Crippen LogP) is 2.10. The average molecular weight is 230 g/mol. The molecule has 17 heavy (non-hydrogen) atoms. The van der Waals surface area contributed by atoms with Crippen LogP contribution in [0, 0.1) is 11.3 Å². The van der Waals surface area contributed by atoms with Gasteiger partial charge in [0, 0.05) is 19.1 Å². The van der Waals surface area contributed by atoms with E-state index in [9.17, 15) is 5.11 Å². The molecule has 1 unspecified atom stereocenters. The van der Waals surface area contributed by atoms with Gasteiger partial charge >= 0.3 is 0 Å². The van der Waals surface area contributed by atoms with Crippen LogP contribution in [0.5, 0.6) is 0 Å². The molecule has 1 aromatic rings. The van der Waals surface area contributed by atoms with Gasteiger partial charge in [-0.25, -0.2) is 0 Å². The molecule has 1 fully saturated rings. The molecule has 1 atom stereocenters. The molecule has 1 aliphatic rings. The Kier molecular flexibility index (Phi) is 3.46. The summed E-state index contributed by atoms with van der Waals surface area (Å²) in [6.45, 7) is 3.34. The van der Waals surface area contributed by atoms with Gasteiger partial charge in [0.2, 0.25) is 0 Å². The number of likely N-dealkylation sites (tertiary alicyclic amines) is 1. The Hall–Kier alpha value is -1.37. The van der Waals surface area contributed by atoms with Crippen LogP contribution in [0.25, 0.3) is 0 Å². The second-order valence-electron chi connectivity index (χ2n) is 4.77. The topological polar surface area (TPSA) is 47.3 Å². The lowest BCUT2D eigenvalue weighted by molar-refractivity contribution is -0.117. The van der Waals surface area contributed by atoms with Gasteiger partial charge < -0.3 is 5.11 Å². The standard InChI is InChI=1S/C14H18N2O/c1-2-14(17)10-16(11-14)13(8-9-15)12-6-4-3-5-7-12/h3-7,13,17H,2,8,10-11H2,1H3. The van der Waals surface area contributed by atoms with Crippen LogP contribution in [0.1, 0.15) is 31.4 Å². The van der Waals surface area contributed by atoms with E-state index in [2.05, 4.69) is 11.0 Å². The Labute approximate surface area is 102 Å². The summed E-state index contributed by atoms with van der Waals surface area (Å²) < 4.78 is 0. The van der Waals surface area contributed by atoms with Crippen molar-refractivity contribution < 1.29 is 5.11 Å². The molecule has 1 aliphatic heterocycles. The maximum atomic E-state index is 10.0.